The number of allylic oxidation sites excluding steroid dienone is 27. The SMILES string of the molecule is CC/C=C\C/C=C\C/C=C\C/C=C\C/C=C\C/C=C\C/C=C\C/C=C\C/C=C\C/C=C\C/C=C\CCCCCCCCCC(=O)NC(COC1OC(CO)C(OC2OC(CO)C(O)C(O)C2O)C(O)C1O)C(O)/C=C/CC/C=C/CC/C=C/CCCCCCCCCCCCCCCCCCCC. The first-order valence-electron chi connectivity index (χ1n) is 40.9. The molecule has 0 bridgehead atoms. The third kappa shape index (κ3) is 52.9. The third-order valence-electron chi connectivity index (χ3n) is 18.6. The molecule has 2 aliphatic heterocycles. The summed E-state index contributed by atoms with van der Waals surface area (Å²) in [5.41, 5.74) is 0. The van der Waals surface area contributed by atoms with Crippen LogP contribution < -0.4 is 5.32 Å². The Morgan fingerprint density at radius 1 is 0.359 bits per heavy atom. The fourth-order valence-electron chi connectivity index (χ4n) is 12.2. The van der Waals surface area contributed by atoms with Gasteiger partial charge < -0.3 is 65.1 Å². The van der Waals surface area contributed by atoms with Gasteiger partial charge in [-0.15, -0.1) is 0 Å². The Kier molecular flexibility index (Phi) is 64.5. The van der Waals surface area contributed by atoms with Gasteiger partial charge >= 0.3 is 0 Å². The molecule has 586 valence electrons. The van der Waals surface area contributed by atoms with E-state index in [1.165, 1.54) is 116 Å². The molecule has 0 aromatic heterocycles. The van der Waals surface area contributed by atoms with Gasteiger partial charge in [-0.05, 0) is 128 Å². The number of aliphatic hydroxyl groups excluding tert-OH is 8. The van der Waals surface area contributed by atoms with E-state index in [9.17, 15) is 45.6 Å². The van der Waals surface area contributed by atoms with Crippen molar-refractivity contribution >= 4 is 5.91 Å². The van der Waals surface area contributed by atoms with Crippen LogP contribution in [0.3, 0.4) is 0 Å². The van der Waals surface area contributed by atoms with Gasteiger partial charge in [0, 0.05) is 6.42 Å². The van der Waals surface area contributed by atoms with Crippen LogP contribution in [-0.2, 0) is 23.7 Å². The van der Waals surface area contributed by atoms with Crippen molar-refractivity contribution in [1.29, 1.82) is 0 Å². The van der Waals surface area contributed by atoms with E-state index in [-0.39, 0.29) is 18.9 Å². The number of amides is 1. The number of ether oxygens (including phenoxy) is 4. The van der Waals surface area contributed by atoms with Crippen LogP contribution in [0, 0.1) is 0 Å². The van der Waals surface area contributed by atoms with Crippen molar-refractivity contribution in [3.8, 4) is 0 Å². The van der Waals surface area contributed by atoms with Gasteiger partial charge in [0.1, 0.15) is 48.8 Å². The molecule has 2 heterocycles. The molecule has 1 amide bonds. The summed E-state index contributed by atoms with van der Waals surface area (Å²) in [4.78, 5) is 13.4. The average Bonchev–Trinajstić information content (AvgIpc) is 0.791. The molecule has 0 aromatic carbocycles. The Hall–Kier alpha value is -4.65. The van der Waals surface area contributed by atoms with Gasteiger partial charge in [-0.2, -0.15) is 0 Å². The molecule has 0 spiro atoms. The number of hydrogen-bond acceptors (Lipinski definition) is 13. The number of carbonyl (C=O) groups excluding carboxylic acids is 1. The molecule has 0 saturated carbocycles. The van der Waals surface area contributed by atoms with Gasteiger partial charge in [0.15, 0.2) is 12.6 Å². The minimum atomic E-state index is -1.80. The van der Waals surface area contributed by atoms with E-state index in [0.717, 1.165) is 141 Å². The molecule has 103 heavy (non-hydrogen) atoms. The topological polar surface area (TPSA) is 228 Å². The van der Waals surface area contributed by atoms with Crippen molar-refractivity contribution in [3.05, 3.63) is 170 Å². The zero-order chi connectivity index (χ0) is 74.4. The molecular weight excluding hydrogens is 1290 g/mol. The number of aliphatic hydroxyl groups is 8. The predicted molar refractivity (Wildman–Crippen MR) is 428 cm³/mol. The summed E-state index contributed by atoms with van der Waals surface area (Å²) in [5, 5.41) is 87.6. The van der Waals surface area contributed by atoms with E-state index in [1.54, 1.807) is 6.08 Å². The Balaban J connectivity index is 1.65. The smallest absolute Gasteiger partial charge is 0.220 e. The number of rotatable bonds is 66. The predicted octanol–water partition coefficient (Wildman–Crippen LogP) is 19.1. The maximum absolute atomic E-state index is 13.4. The van der Waals surface area contributed by atoms with Crippen molar-refractivity contribution in [1.82, 2.24) is 5.32 Å². The van der Waals surface area contributed by atoms with Gasteiger partial charge in [0.2, 0.25) is 5.91 Å². The van der Waals surface area contributed by atoms with Crippen molar-refractivity contribution < 1.29 is 64.6 Å². The van der Waals surface area contributed by atoms with Crippen LogP contribution in [0.4, 0.5) is 0 Å². The monoisotopic (exact) mass is 1440 g/mol. The van der Waals surface area contributed by atoms with Crippen LogP contribution in [0.25, 0.3) is 0 Å². The van der Waals surface area contributed by atoms with Crippen LogP contribution in [0.5, 0.6) is 0 Å². The summed E-state index contributed by atoms with van der Waals surface area (Å²) < 4.78 is 22.9. The third-order valence-corrected chi connectivity index (χ3v) is 18.6. The second kappa shape index (κ2) is 70.3. The van der Waals surface area contributed by atoms with Crippen LogP contribution in [-0.4, -0.2) is 140 Å². The van der Waals surface area contributed by atoms with Gasteiger partial charge in [-0.25, -0.2) is 0 Å². The number of carbonyl (C=O) groups is 1. The van der Waals surface area contributed by atoms with Crippen LogP contribution >= 0.6 is 0 Å². The number of unbranched alkanes of at least 4 members (excludes halogenated alkanes) is 27. The van der Waals surface area contributed by atoms with Crippen molar-refractivity contribution in [3.63, 3.8) is 0 Å². The van der Waals surface area contributed by atoms with Crippen LogP contribution in [0.2, 0.25) is 0 Å². The highest BCUT2D eigenvalue weighted by Gasteiger charge is 2.51. The maximum atomic E-state index is 13.4. The van der Waals surface area contributed by atoms with E-state index >= 15 is 0 Å². The number of hydrogen-bond donors (Lipinski definition) is 9. The van der Waals surface area contributed by atoms with Gasteiger partial charge in [-0.1, -0.05) is 325 Å². The molecule has 2 saturated heterocycles. The zero-order valence-electron chi connectivity index (χ0n) is 64.2. The summed E-state index contributed by atoms with van der Waals surface area (Å²) in [6.07, 6.45) is 92.8. The molecular formula is C89H147NO13. The molecule has 2 rings (SSSR count). The lowest BCUT2D eigenvalue weighted by Gasteiger charge is -2.46. The minimum Gasteiger partial charge on any atom is -0.394 e. The fraction of sp³-hybridized carbons (Fsp3) is 0.674. The summed E-state index contributed by atoms with van der Waals surface area (Å²) in [6.45, 7) is 2.67. The summed E-state index contributed by atoms with van der Waals surface area (Å²) in [6, 6.07) is -0.959. The molecule has 0 aromatic rings. The highest BCUT2D eigenvalue weighted by molar-refractivity contribution is 5.76. The molecule has 2 fully saturated rings. The highest BCUT2D eigenvalue weighted by Crippen LogP contribution is 2.30. The quantitative estimate of drug-likeness (QED) is 0.0204. The second-order valence-corrected chi connectivity index (χ2v) is 27.8. The van der Waals surface area contributed by atoms with Crippen LogP contribution in [0.15, 0.2) is 170 Å². The van der Waals surface area contributed by atoms with E-state index < -0.39 is 86.8 Å². The van der Waals surface area contributed by atoms with E-state index in [4.69, 9.17) is 18.9 Å². The minimum absolute atomic E-state index is 0.246. The Morgan fingerprint density at radius 2 is 0.680 bits per heavy atom. The standard InChI is InChI=1S/C89H147NO13/c1-3-5-7-9-11-13-15-17-19-21-23-25-27-29-31-33-34-35-36-37-38-39-40-41-42-43-44-45-47-49-51-53-55-57-59-61-63-65-67-69-71-73-81(94)90-77(76-100-88-86(99)84(97)87(80(75-92)102-88)103-89-85(98)83(96)82(95)79(74-91)101-89)78(93)72-70-68-66-64-62-60-58-56-54-52-50-48-46-32-30-28-26-24-22-20-18-16-14-12-10-8-6-4-2/h5,7,11,13,17,19,23,25,29,31,34-35,37-38,40-41,43-44,47,49,53-56,62,64,70,72,77-80,82-89,91-93,95-99H,3-4,6,8-10,12,14-16,18,20-22,24,26-28,30,32-33,36,39,42,45-46,48,50-52,57-61,63,65-69,71,73-76H2,1-2H3,(H,90,94)/b7-5-,13-11-,19-17-,25-23-,31-29-,35-34-,38-37-,41-40-,44-43-,49-47-,55-53-,56-54+,64-62+,72-70+. The van der Waals surface area contributed by atoms with Crippen molar-refractivity contribution in [2.75, 3.05) is 19.8 Å². The van der Waals surface area contributed by atoms with Gasteiger partial charge in [0.05, 0.1) is 32.0 Å². The molecule has 2 aliphatic rings. The lowest BCUT2D eigenvalue weighted by Crippen LogP contribution is -2.65. The summed E-state index contributed by atoms with van der Waals surface area (Å²) in [7, 11) is 0. The summed E-state index contributed by atoms with van der Waals surface area (Å²) >= 11 is 0. The Bertz CT molecular complexity index is 2400. The normalized spacial score (nSPS) is 22.5. The highest BCUT2D eigenvalue weighted by atomic mass is 16.7. The zero-order valence-corrected chi connectivity index (χ0v) is 64.2. The summed E-state index contributed by atoms with van der Waals surface area (Å²) in [5.74, 6) is -0.269. The second-order valence-electron chi connectivity index (χ2n) is 27.8. The average molecular weight is 1440 g/mol. The largest absolute Gasteiger partial charge is 0.394 e. The lowest BCUT2D eigenvalue weighted by molar-refractivity contribution is -0.359. The number of nitrogens with one attached hydrogen (secondary N) is 1. The molecule has 0 aliphatic carbocycles. The van der Waals surface area contributed by atoms with E-state index in [1.807, 2.05) is 6.08 Å². The molecule has 9 N–H and O–H groups in total. The fourth-order valence-corrected chi connectivity index (χ4v) is 12.2. The van der Waals surface area contributed by atoms with E-state index in [2.05, 4.69) is 177 Å². The van der Waals surface area contributed by atoms with Gasteiger partial charge in [0.25, 0.3) is 0 Å². The molecule has 12 unspecified atom stereocenters. The van der Waals surface area contributed by atoms with E-state index in [0.29, 0.717) is 12.8 Å². The van der Waals surface area contributed by atoms with Crippen molar-refractivity contribution in [2.24, 2.45) is 0 Å². The first kappa shape index (κ1) is 94.4. The molecule has 14 heteroatoms. The van der Waals surface area contributed by atoms with Gasteiger partial charge in [-0.3, -0.25) is 4.79 Å². The Labute approximate surface area is 626 Å². The first-order chi connectivity index (χ1) is 50.6. The lowest BCUT2D eigenvalue weighted by atomic mass is 9.97. The van der Waals surface area contributed by atoms with Crippen molar-refractivity contribution in [2.45, 2.75) is 364 Å². The first-order valence-corrected chi connectivity index (χ1v) is 40.9. The molecule has 12 atom stereocenters. The Morgan fingerprint density at radius 3 is 1.07 bits per heavy atom. The molecule has 0 radical (unpaired) electrons. The maximum Gasteiger partial charge on any atom is 0.220 e. The van der Waals surface area contributed by atoms with Crippen LogP contribution in [0.1, 0.15) is 290 Å². The molecule has 14 nitrogen and oxygen atoms in total.